The predicted molar refractivity (Wildman–Crippen MR) is 348 cm³/mol. The molecule has 2 fully saturated rings. The molecule has 522 valence electrons. The number of esters is 1. The lowest BCUT2D eigenvalue weighted by atomic mass is 9.91. The number of aliphatic hydroxyl groups excluding tert-OH is 1. The number of likely N-dealkylation sites (N-methyl/N-ethyl adjacent to an activating group) is 6. The van der Waals surface area contributed by atoms with Crippen molar-refractivity contribution in [1.29, 1.82) is 0 Å². The molecule has 0 spiro atoms. The van der Waals surface area contributed by atoms with Crippen molar-refractivity contribution in [2.75, 3.05) is 81.7 Å². The third-order valence-corrected chi connectivity index (χ3v) is 17.3. The van der Waals surface area contributed by atoms with E-state index in [0.717, 1.165) is 9.80 Å². The maximum Gasteiger partial charge on any atom is 0.329 e. The molecule has 0 aromatic carbocycles. The normalized spacial score (nSPS) is 27.0. The number of nitrogens with one attached hydrogen (secondary N) is 4. The largest absolute Gasteiger partial charge is 0.450 e. The first-order chi connectivity index (χ1) is 42.2. The van der Waals surface area contributed by atoms with Gasteiger partial charge in [-0.25, -0.2) is 4.79 Å². The first-order valence-electron chi connectivity index (χ1n) is 33.2. The summed E-state index contributed by atoms with van der Waals surface area (Å²) >= 11 is 0. The second-order valence-corrected chi connectivity index (χ2v) is 28.5. The fourth-order valence-electron chi connectivity index (χ4n) is 11.7. The Morgan fingerprint density at radius 2 is 0.879 bits per heavy atom. The van der Waals surface area contributed by atoms with Crippen LogP contribution in [0.5, 0.6) is 0 Å². The third-order valence-electron chi connectivity index (χ3n) is 17.3. The molecule has 0 aromatic heterocycles. The van der Waals surface area contributed by atoms with E-state index in [0.29, 0.717) is 39.3 Å². The SMILES string of the molecule is CC[C@H]1NC(=O)[C@@H]([C@H](O)[C@H](C)CCN2CCOCC2)N(C)C(=O)[C@@H](C(C)C)N(C)C(=O)[C@@H](CC(C)C)NC(=O)[C@@H](CC(C)C)N(C)C(=O)[C@H](C(C)C)OC(=O)[C@@H](C)NC(=O)[C@@H](CC(C)C)N(C)C(=O)[C@@H](CC(C)C)NC(=O)[C@H](CC(C)C)N(C)C(=O)CN(C)C1=O. The highest BCUT2D eigenvalue weighted by Crippen LogP contribution is 2.25. The van der Waals surface area contributed by atoms with Gasteiger partial charge in [0.25, 0.3) is 5.91 Å². The average molecular weight is 1290 g/mol. The quantitative estimate of drug-likeness (QED) is 0.123. The zero-order chi connectivity index (χ0) is 69.8. The molecule has 12 atom stereocenters. The number of nitrogens with zero attached hydrogens (tertiary/aromatic N) is 7. The summed E-state index contributed by atoms with van der Waals surface area (Å²) in [5.41, 5.74) is 0. The van der Waals surface area contributed by atoms with Crippen LogP contribution in [0.25, 0.3) is 0 Å². The molecule has 2 aliphatic rings. The molecule has 0 bridgehead atoms. The van der Waals surface area contributed by atoms with Crippen LogP contribution in [-0.4, -0.2) is 253 Å². The van der Waals surface area contributed by atoms with Crippen LogP contribution in [0.1, 0.15) is 163 Å². The van der Waals surface area contributed by atoms with Crippen molar-refractivity contribution in [2.24, 2.45) is 47.3 Å². The number of aliphatic hydroxyl groups is 1. The van der Waals surface area contributed by atoms with Gasteiger partial charge in [0.2, 0.25) is 53.2 Å². The van der Waals surface area contributed by atoms with E-state index >= 15 is 14.4 Å². The van der Waals surface area contributed by atoms with Crippen molar-refractivity contribution < 1.29 is 67.3 Å². The molecule has 25 heteroatoms. The number of rotatable bonds is 18. The molecule has 5 N–H and O–H groups in total. The molecule has 2 saturated heterocycles. The van der Waals surface area contributed by atoms with Crippen LogP contribution in [0.2, 0.25) is 0 Å². The molecule has 25 nitrogen and oxygen atoms in total. The summed E-state index contributed by atoms with van der Waals surface area (Å²) in [6.07, 6.45) is -1.89. The van der Waals surface area contributed by atoms with Gasteiger partial charge in [0, 0.05) is 55.4 Å². The number of carbonyl (C=O) groups excluding carboxylic acids is 11. The van der Waals surface area contributed by atoms with Crippen LogP contribution in [0, 0.1) is 47.3 Å². The molecule has 2 heterocycles. The summed E-state index contributed by atoms with van der Waals surface area (Å²) < 4.78 is 11.5. The van der Waals surface area contributed by atoms with Gasteiger partial charge in [-0.2, -0.15) is 0 Å². The summed E-state index contributed by atoms with van der Waals surface area (Å²) in [4.78, 5) is 171. The first kappa shape index (κ1) is 81.1. The smallest absolute Gasteiger partial charge is 0.329 e. The zero-order valence-corrected chi connectivity index (χ0v) is 59.5. The monoisotopic (exact) mass is 1290 g/mol. The lowest BCUT2D eigenvalue weighted by Gasteiger charge is -2.40. The third kappa shape index (κ3) is 24.2. The summed E-state index contributed by atoms with van der Waals surface area (Å²) in [6.45, 7) is 32.6. The van der Waals surface area contributed by atoms with E-state index in [9.17, 15) is 43.5 Å². The van der Waals surface area contributed by atoms with Gasteiger partial charge in [-0.05, 0) is 106 Å². The van der Waals surface area contributed by atoms with Gasteiger partial charge in [-0.15, -0.1) is 0 Å². The molecule has 2 rings (SSSR count). The van der Waals surface area contributed by atoms with E-state index in [2.05, 4.69) is 26.2 Å². The fourth-order valence-corrected chi connectivity index (χ4v) is 11.7. The molecular weight excluding hydrogens is 1170 g/mol. The van der Waals surface area contributed by atoms with Crippen LogP contribution in [0.3, 0.4) is 0 Å². The van der Waals surface area contributed by atoms with Gasteiger partial charge in [0.05, 0.1) is 25.9 Å². The van der Waals surface area contributed by atoms with Crippen LogP contribution in [0.4, 0.5) is 0 Å². The van der Waals surface area contributed by atoms with E-state index in [-0.39, 0.29) is 68.1 Å². The van der Waals surface area contributed by atoms with Gasteiger partial charge < -0.3 is 65.2 Å². The Morgan fingerprint density at radius 3 is 1.31 bits per heavy atom. The molecular formula is C66H119N11O14. The molecule has 0 unspecified atom stereocenters. The summed E-state index contributed by atoms with van der Waals surface area (Å²) in [5, 5.41) is 23.7. The van der Waals surface area contributed by atoms with Crippen LogP contribution >= 0.6 is 0 Å². The van der Waals surface area contributed by atoms with Gasteiger partial charge in [-0.1, -0.05) is 111 Å². The van der Waals surface area contributed by atoms with Crippen molar-refractivity contribution in [3.05, 3.63) is 0 Å². The molecule has 2 aliphatic heterocycles. The van der Waals surface area contributed by atoms with Crippen LogP contribution < -0.4 is 21.3 Å². The van der Waals surface area contributed by atoms with Crippen molar-refractivity contribution in [3.8, 4) is 0 Å². The number of carbonyl (C=O) groups is 11. The van der Waals surface area contributed by atoms with Crippen LogP contribution in [0.15, 0.2) is 0 Å². The fraction of sp³-hybridized carbons (Fsp3) is 0.833. The summed E-state index contributed by atoms with van der Waals surface area (Å²) in [6, 6.07) is -11.5. The van der Waals surface area contributed by atoms with Gasteiger partial charge in [-0.3, -0.25) is 52.8 Å². The summed E-state index contributed by atoms with van der Waals surface area (Å²) in [7, 11) is 8.44. The Hall–Kier alpha value is -5.95. The Kier molecular flexibility index (Phi) is 33.6. The maximum atomic E-state index is 15.3. The number of hydrogen-bond donors (Lipinski definition) is 5. The number of amides is 10. The van der Waals surface area contributed by atoms with Crippen molar-refractivity contribution >= 4 is 65.0 Å². The van der Waals surface area contributed by atoms with E-state index < -0.39 is 156 Å². The zero-order valence-electron chi connectivity index (χ0n) is 59.5. The van der Waals surface area contributed by atoms with Crippen molar-refractivity contribution in [1.82, 2.24) is 55.6 Å². The van der Waals surface area contributed by atoms with E-state index in [1.807, 2.05) is 69.2 Å². The number of ether oxygens (including phenoxy) is 2. The number of hydrogen-bond acceptors (Lipinski definition) is 15. The molecule has 0 aliphatic carbocycles. The second-order valence-electron chi connectivity index (χ2n) is 28.5. The van der Waals surface area contributed by atoms with Gasteiger partial charge in [0.15, 0.2) is 6.10 Å². The minimum atomic E-state index is -1.62. The average Bonchev–Trinajstić information content (AvgIpc) is 0.932. The van der Waals surface area contributed by atoms with Gasteiger partial charge >= 0.3 is 5.97 Å². The molecule has 91 heavy (non-hydrogen) atoms. The standard InChI is InChI=1S/C66H119N11O14/c1-24-46-61(84)71(18)36-52(78)72(19)49(33-39(6)7)58(81)69-47(31-37(2)3)62(85)73(20)50(34-40(8)9)57(80)67-45(17)66(89)91-56(43(14)15)65(88)74(21)51(35-41(10)11)59(82)70-48(32-38(4)5)63(86)75(22)53(42(12)13)64(87)76(23)54(60(83)68-46)55(79)44(16)25-26-77-27-29-90-30-28-77/h37-51,53-56,79H,24-36H2,1-23H3,(H,67,80)(H,68,83)(H,69,81)(H,70,82)/t44-,45-,46-,47-,48-,49+,50-,51-,53-,54-,55-,56+/m1/s1. The lowest BCUT2D eigenvalue weighted by Crippen LogP contribution is -2.63. The van der Waals surface area contributed by atoms with E-state index in [1.165, 1.54) is 68.8 Å². The van der Waals surface area contributed by atoms with Crippen molar-refractivity contribution in [3.63, 3.8) is 0 Å². The Balaban J connectivity index is 2.99. The topological polar surface area (TPSA) is 297 Å². The summed E-state index contributed by atoms with van der Waals surface area (Å²) in [5.74, 6) is -10.6. The van der Waals surface area contributed by atoms with E-state index in [1.54, 1.807) is 41.5 Å². The predicted octanol–water partition coefficient (Wildman–Crippen LogP) is 3.14. The lowest BCUT2D eigenvalue weighted by molar-refractivity contribution is -0.166. The Bertz CT molecular complexity index is 2430. The highest BCUT2D eigenvalue weighted by molar-refractivity contribution is 5.99. The number of morpholine rings is 1. The highest BCUT2D eigenvalue weighted by atomic mass is 16.6. The molecule has 0 aromatic rings. The van der Waals surface area contributed by atoms with Crippen molar-refractivity contribution in [2.45, 2.75) is 229 Å². The molecule has 10 amide bonds. The Labute approximate surface area is 544 Å². The van der Waals surface area contributed by atoms with Gasteiger partial charge in [0.1, 0.15) is 54.4 Å². The van der Waals surface area contributed by atoms with Crippen LogP contribution in [-0.2, 0) is 62.2 Å². The molecule has 0 saturated carbocycles. The highest BCUT2D eigenvalue weighted by Gasteiger charge is 2.45. The second kappa shape index (κ2) is 37.7. The Morgan fingerprint density at radius 1 is 0.473 bits per heavy atom. The first-order valence-corrected chi connectivity index (χ1v) is 33.2. The minimum absolute atomic E-state index is 0.0177. The number of cyclic esters (lactones) is 1. The minimum Gasteiger partial charge on any atom is -0.450 e. The maximum absolute atomic E-state index is 15.3. The van der Waals surface area contributed by atoms with E-state index in [4.69, 9.17) is 9.47 Å². The molecule has 0 radical (unpaired) electrons.